The van der Waals surface area contributed by atoms with E-state index in [1.165, 1.54) is 24.5 Å². The van der Waals surface area contributed by atoms with Crippen LogP contribution in [0.25, 0.3) is 0 Å². The molecule has 37 heavy (non-hydrogen) atoms. The molecule has 4 heterocycles. The summed E-state index contributed by atoms with van der Waals surface area (Å²) in [5.41, 5.74) is 0.785. The first-order chi connectivity index (χ1) is 17.5. The summed E-state index contributed by atoms with van der Waals surface area (Å²) in [6.45, 7) is 5.62. The molecule has 1 atom stereocenters. The third kappa shape index (κ3) is 4.80. The molecule has 2 aliphatic heterocycles. The van der Waals surface area contributed by atoms with E-state index < -0.39 is 35.5 Å². The van der Waals surface area contributed by atoms with Crippen LogP contribution in [-0.2, 0) is 29.6 Å². The molecule has 2 aromatic heterocycles. The number of cyclic esters (lactones) is 1. The van der Waals surface area contributed by atoms with Gasteiger partial charge < -0.3 is 18.9 Å². The molecule has 11 nitrogen and oxygen atoms in total. The highest BCUT2D eigenvalue weighted by Crippen LogP contribution is 2.35. The number of anilines is 3. The number of hydrogen-bond acceptors (Lipinski definition) is 8. The number of rotatable bonds is 5. The summed E-state index contributed by atoms with van der Waals surface area (Å²) in [4.78, 5) is 29.2. The van der Waals surface area contributed by atoms with Crippen molar-refractivity contribution < 1.29 is 32.4 Å². The molecule has 0 N–H and O–H groups in total. The quantitative estimate of drug-likeness (QED) is 0.502. The van der Waals surface area contributed by atoms with Crippen LogP contribution in [0.15, 0.2) is 35.2 Å². The van der Waals surface area contributed by atoms with Crippen LogP contribution in [0.5, 0.6) is 0 Å². The zero-order valence-corrected chi connectivity index (χ0v) is 20.8. The van der Waals surface area contributed by atoms with E-state index in [2.05, 4.69) is 10.3 Å². The van der Waals surface area contributed by atoms with Gasteiger partial charge in [0, 0.05) is 31.4 Å². The second kappa shape index (κ2) is 9.05. The van der Waals surface area contributed by atoms with Gasteiger partial charge in [-0.25, -0.2) is 18.4 Å². The Labute approximate surface area is 211 Å². The second-order valence-electron chi connectivity index (χ2n) is 9.93. The molecule has 5 rings (SSSR count). The van der Waals surface area contributed by atoms with Gasteiger partial charge in [-0.05, 0) is 32.9 Å². The predicted molar refractivity (Wildman–Crippen MR) is 127 cm³/mol. The van der Waals surface area contributed by atoms with E-state index >= 15 is 8.78 Å². The number of carbonyl (C=O) groups excluding carboxylic acids is 2. The van der Waals surface area contributed by atoms with Gasteiger partial charge in [-0.3, -0.25) is 14.5 Å². The zero-order valence-electron chi connectivity index (χ0n) is 20.8. The molecule has 196 valence electrons. The lowest BCUT2D eigenvalue weighted by atomic mass is 10.2. The molecule has 0 bridgehead atoms. The average Bonchev–Trinajstić information content (AvgIpc) is 3.57. The number of aromatic nitrogens is 3. The molecule has 13 heteroatoms. The van der Waals surface area contributed by atoms with Gasteiger partial charge in [0.25, 0.3) is 0 Å². The molecule has 1 aromatic carbocycles. The molecule has 0 saturated carbocycles. The molecule has 0 spiro atoms. The Bertz CT molecular complexity index is 1310. The Kier molecular flexibility index (Phi) is 6.00. The lowest BCUT2D eigenvalue weighted by molar-refractivity contribution is 0.0556. The molecule has 2 aliphatic rings. The summed E-state index contributed by atoms with van der Waals surface area (Å²) < 4.78 is 47.7. The third-order valence-electron chi connectivity index (χ3n) is 5.94. The van der Waals surface area contributed by atoms with Crippen molar-refractivity contribution in [2.45, 2.75) is 45.6 Å². The standard InChI is InChI=1S/C24H26F2N6O5/c1-24(2,3)37-23(34)32(19-7-8-35-28-19)12-15-11-31(22(33)36-15)18-6-5-17(20(25)21(18)26)30-10-14-9-29(4)27-16(14)13-30/h5-9,15H,10-13H2,1-4H3/t15-/m1/s1. The van der Waals surface area contributed by atoms with Crippen LogP contribution in [0.4, 0.5) is 35.6 Å². The van der Waals surface area contributed by atoms with E-state index in [1.54, 1.807) is 37.4 Å². The number of amides is 2. The van der Waals surface area contributed by atoms with Gasteiger partial charge in [-0.1, -0.05) is 5.16 Å². The molecule has 0 radical (unpaired) electrons. The topological polar surface area (TPSA) is 106 Å². The van der Waals surface area contributed by atoms with Crippen molar-refractivity contribution in [3.63, 3.8) is 0 Å². The Morgan fingerprint density at radius 1 is 1.19 bits per heavy atom. The summed E-state index contributed by atoms with van der Waals surface area (Å²) in [6, 6.07) is 4.23. The highest BCUT2D eigenvalue weighted by atomic mass is 19.2. The molecule has 2 amide bonds. The first-order valence-electron chi connectivity index (χ1n) is 11.6. The largest absolute Gasteiger partial charge is 0.443 e. The SMILES string of the molecule is Cn1cc2c(n1)CN(c1ccc(N3C[C@H](CN(C(=O)OC(C)(C)C)c4ccon4)OC3=O)c(F)c1F)C2. The van der Waals surface area contributed by atoms with E-state index in [0.29, 0.717) is 13.1 Å². The number of hydrogen-bond donors (Lipinski definition) is 0. The van der Waals surface area contributed by atoms with Crippen LogP contribution in [-0.4, -0.2) is 51.9 Å². The Morgan fingerprint density at radius 2 is 1.92 bits per heavy atom. The van der Waals surface area contributed by atoms with Crippen molar-refractivity contribution in [1.29, 1.82) is 0 Å². The van der Waals surface area contributed by atoms with Crippen LogP contribution >= 0.6 is 0 Å². The monoisotopic (exact) mass is 516 g/mol. The molecule has 1 fully saturated rings. The van der Waals surface area contributed by atoms with Crippen molar-refractivity contribution in [2.24, 2.45) is 7.05 Å². The summed E-state index contributed by atoms with van der Waals surface area (Å²) in [5.74, 6) is -2.08. The summed E-state index contributed by atoms with van der Waals surface area (Å²) >= 11 is 0. The van der Waals surface area contributed by atoms with Crippen LogP contribution in [0.2, 0.25) is 0 Å². The first kappa shape index (κ1) is 24.5. The van der Waals surface area contributed by atoms with E-state index in [1.807, 2.05) is 6.20 Å². The molecular weight excluding hydrogens is 490 g/mol. The highest BCUT2D eigenvalue weighted by molar-refractivity contribution is 5.91. The zero-order chi connectivity index (χ0) is 26.5. The number of benzene rings is 1. The van der Waals surface area contributed by atoms with Crippen LogP contribution in [0.3, 0.4) is 0 Å². The van der Waals surface area contributed by atoms with Gasteiger partial charge in [-0.2, -0.15) is 5.10 Å². The minimum absolute atomic E-state index is 0.0770. The maximum Gasteiger partial charge on any atom is 0.416 e. The molecular formula is C24H26F2N6O5. The van der Waals surface area contributed by atoms with Gasteiger partial charge in [0.05, 0.1) is 36.7 Å². The third-order valence-corrected chi connectivity index (χ3v) is 5.94. The summed E-state index contributed by atoms with van der Waals surface area (Å²) in [7, 11) is 1.80. The molecule has 3 aromatic rings. The summed E-state index contributed by atoms with van der Waals surface area (Å²) in [6.07, 6.45) is 0.683. The molecule has 0 aliphatic carbocycles. The van der Waals surface area contributed by atoms with Crippen LogP contribution < -0.4 is 14.7 Å². The van der Waals surface area contributed by atoms with Crippen molar-refractivity contribution in [3.8, 4) is 0 Å². The number of nitrogens with zero attached hydrogens (tertiary/aromatic N) is 6. The highest BCUT2D eigenvalue weighted by Gasteiger charge is 2.38. The number of carbonyl (C=O) groups is 2. The van der Waals surface area contributed by atoms with Gasteiger partial charge in [0.1, 0.15) is 18.0 Å². The van der Waals surface area contributed by atoms with Crippen molar-refractivity contribution in [1.82, 2.24) is 14.9 Å². The normalized spacial score (nSPS) is 17.2. The van der Waals surface area contributed by atoms with Gasteiger partial charge in [-0.15, -0.1) is 0 Å². The van der Waals surface area contributed by atoms with E-state index in [-0.39, 0.29) is 30.3 Å². The Morgan fingerprint density at radius 3 is 2.59 bits per heavy atom. The number of ether oxygens (including phenoxy) is 2. The van der Waals surface area contributed by atoms with Crippen LogP contribution in [0.1, 0.15) is 32.0 Å². The Balaban J connectivity index is 1.32. The van der Waals surface area contributed by atoms with Gasteiger partial charge in [0.15, 0.2) is 17.5 Å². The fourth-order valence-corrected chi connectivity index (χ4v) is 4.38. The number of aryl methyl sites for hydroxylation is 1. The van der Waals surface area contributed by atoms with Crippen molar-refractivity contribution in [2.75, 3.05) is 27.8 Å². The lowest BCUT2D eigenvalue weighted by Crippen LogP contribution is -2.42. The Hall–Kier alpha value is -4.16. The fraction of sp³-hybridized carbons (Fsp3) is 0.417. The maximum atomic E-state index is 15.2. The minimum atomic E-state index is -1.17. The first-order valence-corrected chi connectivity index (χ1v) is 11.6. The second-order valence-corrected chi connectivity index (χ2v) is 9.93. The lowest BCUT2D eigenvalue weighted by Gasteiger charge is -2.26. The smallest absolute Gasteiger partial charge is 0.416 e. The molecule has 1 saturated heterocycles. The van der Waals surface area contributed by atoms with E-state index in [0.717, 1.165) is 21.1 Å². The van der Waals surface area contributed by atoms with Crippen LogP contribution in [0, 0.1) is 11.6 Å². The predicted octanol–water partition coefficient (Wildman–Crippen LogP) is 3.97. The summed E-state index contributed by atoms with van der Waals surface area (Å²) in [5, 5.41) is 8.10. The number of fused-ring (bicyclic) bond motifs is 1. The fourth-order valence-electron chi connectivity index (χ4n) is 4.38. The average molecular weight is 517 g/mol. The van der Waals surface area contributed by atoms with E-state index in [4.69, 9.17) is 14.0 Å². The van der Waals surface area contributed by atoms with Gasteiger partial charge in [0.2, 0.25) is 0 Å². The van der Waals surface area contributed by atoms with Crippen molar-refractivity contribution in [3.05, 3.63) is 53.6 Å². The van der Waals surface area contributed by atoms with E-state index in [9.17, 15) is 9.59 Å². The number of halogens is 2. The van der Waals surface area contributed by atoms with Gasteiger partial charge >= 0.3 is 12.2 Å². The molecule has 0 unspecified atom stereocenters. The van der Waals surface area contributed by atoms with Crippen molar-refractivity contribution >= 4 is 29.4 Å². The maximum absolute atomic E-state index is 15.2. The minimum Gasteiger partial charge on any atom is -0.443 e.